The summed E-state index contributed by atoms with van der Waals surface area (Å²) in [5.74, 6) is -1.20. The molecule has 2 aromatic heterocycles. The molecule has 176 valence electrons. The molecule has 32 heavy (non-hydrogen) atoms. The van der Waals surface area contributed by atoms with Crippen LogP contribution in [-0.4, -0.2) is 15.0 Å². The summed E-state index contributed by atoms with van der Waals surface area (Å²) in [6.45, 7) is 5.19. The van der Waals surface area contributed by atoms with Crippen molar-refractivity contribution in [3.8, 4) is 10.4 Å². The Bertz CT molecular complexity index is 936. The minimum atomic E-state index is -0.865. The van der Waals surface area contributed by atoms with Crippen molar-refractivity contribution >= 4 is 22.4 Å². The number of hydrogen-bond donors (Lipinski definition) is 0. The molecule has 1 unspecified atom stereocenters. The second kappa shape index (κ2) is 13.0. The van der Waals surface area contributed by atoms with Gasteiger partial charge in [0.05, 0.1) is 12.1 Å². The van der Waals surface area contributed by atoms with Crippen molar-refractivity contribution < 1.29 is 8.78 Å². The Hall–Kier alpha value is -1.82. The largest absolute Gasteiger partial charge is 0.204 e. The maximum atomic E-state index is 14.7. The van der Waals surface area contributed by atoms with Gasteiger partial charge in [0, 0.05) is 10.9 Å². The monoisotopic (exact) mass is 461 g/mol. The minimum absolute atomic E-state index is 0.233. The van der Waals surface area contributed by atoms with E-state index in [0.29, 0.717) is 28.4 Å². The van der Waals surface area contributed by atoms with E-state index in [2.05, 4.69) is 24.0 Å². The number of hydrogen-bond acceptors (Lipinski definition) is 3. The van der Waals surface area contributed by atoms with E-state index < -0.39 is 11.6 Å². The number of aromatic nitrogens is 3. The van der Waals surface area contributed by atoms with Gasteiger partial charge in [-0.05, 0) is 30.2 Å². The van der Waals surface area contributed by atoms with E-state index in [4.69, 9.17) is 0 Å². The summed E-state index contributed by atoms with van der Waals surface area (Å²) in [5, 5.41) is 11.0. The quantitative estimate of drug-likeness (QED) is 0.212. The van der Waals surface area contributed by atoms with Crippen LogP contribution in [0.15, 0.2) is 23.6 Å². The molecule has 2 heterocycles. The smallest absolute Gasteiger partial charge is 0.169 e. The molecular formula is C26H37F2N3S. The average molecular weight is 462 g/mol. The molecule has 0 spiro atoms. The lowest BCUT2D eigenvalue weighted by Gasteiger charge is -2.16. The van der Waals surface area contributed by atoms with Crippen molar-refractivity contribution in [3.63, 3.8) is 0 Å². The fraction of sp³-hybridized carbons (Fsp3) is 0.615. The Morgan fingerprint density at radius 2 is 1.56 bits per heavy atom. The van der Waals surface area contributed by atoms with Crippen LogP contribution >= 0.6 is 11.3 Å². The number of fused-ring (bicyclic) bond motifs is 1. The maximum Gasteiger partial charge on any atom is 0.169 e. The Kier molecular flexibility index (Phi) is 10.1. The van der Waals surface area contributed by atoms with Crippen molar-refractivity contribution in [3.05, 3.63) is 35.2 Å². The fourth-order valence-corrected chi connectivity index (χ4v) is 5.17. The van der Waals surface area contributed by atoms with E-state index >= 15 is 0 Å². The van der Waals surface area contributed by atoms with E-state index in [1.807, 2.05) is 11.4 Å². The Labute approximate surface area is 195 Å². The first-order valence-corrected chi connectivity index (χ1v) is 13.3. The van der Waals surface area contributed by atoms with E-state index in [-0.39, 0.29) is 5.56 Å². The van der Waals surface area contributed by atoms with Crippen LogP contribution in [0, 0.1) is 17.6 Å². The van der Waals surface area contributed by atoms with Crippen LogP contribution < -0.4 is 0 Å². The molecule has 0 aliphatic heterocycles. The molecule has 0 amide bonds. The Balaban J connectivity index is 1.72. The fourth-order valence-electron chi connectivity index (χ4n) is 4.40. The number of nitrogens with zero attached hydrogens (tertiary/aromatic N) is 3. The van der Waals surface area contributed by atoms with Crippen LogP contribution in [0.25, 0.3) is 21.5 Å². The highest BCUT2D eigenvalue weighted by Gasteiger charge is 2.21. The zero-order valence-corrected chi connectivity index (χ0v) is 20.4. The Morgan fingerprint density at radius 1 is 0.906 bits per heavy atom. The third-order valence-corrected chi connectivity index (χ3v) is 7.12. The van der Waals surface area contributed by atoms with E-state index in [0.717, 1.165) is 12.8 Å². The molecule has 0 bridgehead atoms. The standard InChI is InChI=1S/C26H37F2N3S/c1-3-5-7-9-10-12-15-20(14-11-8-6-4-2)19-31-29-22-18-21(27)25(28)24(26(22)30-31)23-16-13-17-32-23/h13,16-18,20H,3-12,14-15,19H2,1-2H3. The second-order valence-electron chi connectivity index (χ2n) is 8.92. The zero-order chi connectivity index (χ0) is 22.8. The molecule has 3 nitrogen and oxygen atoms in total. The summed E-state index contributed by atoms with van der Waals surface area (Å²) in [6, 6.07) is 4.82. The first-order valence-electron chi connectivity index (χ1n) is 12.4. The van der Waals surface area contributed by atoms with Gasteiger partial charge in [-0.25, -0.2) is 8.78 Å². The van der Waals surface area contributed by atoms with Crippen LogP contribution in [0.1, 0.15) is 90.9 Å². The molecule has 3 aromatic rings. The van der Waals surface area contributed by atoms with Gasteiger partial charge in [-0.1, -0.05) is 84.1 Å². The van der Waals surface area contributed by atoms with Crippen molar-refractivity contribution in [1.82, 2.24) is 15.0 Å². The number of halogens is 2. The summed E-state index contributed by atoms with van der Waals surface area (Å²) in [6.07, 6.45) is 15.0. The molecule has 0 radical (unpaired) electrons. The SMILES string of the molecule is CCCCCCCCC(CCCCCC)Cn1nc2cc(F)c(F)c(-c3cccs3)c2n1. The summed E-state index contributed by atoms with van der Waals surface area (Å²) < 4.78 is 28.9. The van der Waals surface area contributed by atoms with Gasteiger partial charge >= 0.3 is 0 Å². The lowest BCUT2D eigenvalue weighted by molar-refractivity contribution is 0.327. The second-order valence-corrected chi connectivity index (χ2v) is 9.87. The lowest BCUT2D eigenvalue weighted by Crippen LogP contribution is -2.13. The van der Waals surface area contributed by atoms with Crippen molar-refractivity contribution in [2.24, 2.45) is 5.92 Å². The van der Waals surface area contributed by atoms with Gasteiger partial charge in [0.1, 0.15) is 11.0 Å². The van der Waals surface area contributed by atoms with Crippen LogP contribution in [0.4, 0.5) is 8.78 Å². The highest BCUT2D eigenvalue weighted by molar-refractivity contribution is 7.13. The summed E-state index contributed by atoms with van der Waals surface area (Å²) >= 11 is 1.39. The molecule has 6 heteroatoms. The topological polar surface area (TPSA) is 30.7 Å². The molecule has 0 N–H and O–H groups in total. The maximum absolute atomic E-state index is 14.7. The van der Waals surface area contributed by atoms with Crippen LogP contribution in [-0.2, 0) is 6.54 Å². The number of rotatable bonds is 15. The molecule has 0 saturated carbocycles. The van der Waals surface area contributed by atoms with Gasteiger partial charge in [-0.3, -0.25) is 0 Å². The Morgan fingerprint density at radius 3 is 2.22 bits per heavy atom. The minimum Gasteiger partial charge on any atom is -0.204 e. The first-order chi connectivity index (χ1) is 15.6. The van der Waals surface area contributed by atoms with Gasteiger partial charge < -0.3 is 0 Å². The highest BCUT2D eigenvalue weighted by atomic mass is 32.1. The number of benzene rings is 1. The van der Waals surface area contributed by atoms with Gasteiger partial charge in [0.25, 0.3) is 0 Å². The van der Waals surface area contributed by atoms with E-state index in [1.54, 1.807) is 10.9 Å². The lowest BCUT2D eigenvalue weighted by atomic mass is 9.94. The van der Waals surface area contributed by atoms with Crippen LogP contribution in [0.2, 0.25) is 0 Å². The predicted octanol–water partition coefficient (Wildman–Crippen LogP) is 8.78. The predicted molar refractivity (Wildman–Crippen MR) is 131 cm³/mol. The molecule has 1 aromatic carbocycles. The summed E-state index contributed by atoms with van der Waals surface area (Å²) in [7, 11) is 0. The number of thiophene rings is 1. The van der Waals surface area contributed by atoms with E-state index in [9.17, 15) is 8.78 Å². The normalized spacial score (nSPS) is 12.6. The summed E-state index contributed by atoms with van der Waals surface area (Å²) in [5.41, 5.74) is 1.11. The molecular weight excluding hydrogens is 424 g/mol. The molecule has 1 atom stereocenters. The summed E-state index contributed by atoms with van der Waals surface area (Å²) in [4.78, 5) is 2.37. The first kappa shape index (κ1) is 24.8. The molecule has 3 rings (SSSR count). The third kappa shape index (κ3) is 6.84. The number of unbranched alkanes of at least 4 members (excludes halogenated alkanes) is 8. The molecule has 0 aliphatic rings. The third-order valence-electron chi connectivity index (χ3n) is 6.23. The van der Waals surface area contributed by atoms with Gasteiger partial charge in [-0.2, -0.15) is 15.0 Å². The van der Waals surface area contributed by atoms with Gasteiger partial charge in [0.15, 0.2) is 11.6 Å². The zero-order valence-electron chi connectivity index (χ0n) is 19.6. The highest BCUT2D eigenvalue weighted by Crippen LogP contribution is 2.34. The molecule has 0 fully saturated rings. The van der Waals surface area contributed by atoms with Gasteiger partial charge in [0.2, 0.25) is 0 Å². The average Bonchev–Trinajstić information content (AvgIpc) is 3.44. The van der Waals surface area contributed by atoms with Crippen LogP contribution in [0.3, 0.4) is 0 Å². The van der Waals surface area contributed by atoms with Gasteiger partial charge in [-0.15, -0.1) is 11.3 Å². The molecule has 0 aliphatic carbocycles. The van der Waals surface area contributed by atoms with Crippen molar-refractivity contribution in [2.75, 3.05) is 0 Å². The van der Waals surface area contributed by atoms with Crippen molar-refractivity contribution in [2.45, 2.75) is 97.4 Å². The molecule has 0 saturated heterocycles. The van der Waals surface area contributed by atoms with E-state index in [1.165, 1.54) is 81.6 Å². The van der Waals surface area contributed by atoms with Crippen molar-refractivity contribution in [1.29, 1.82) is 0 Å². The van der Waals surface area contributed by atoms with Crippen LogP contribution in [0.5, 0.6) is 0 Å².